The van der Waals surface area contributed by atoms with Crippen LogP contribution in [0.15, 0.2) is 12.1 Å². The molecule has 0 aromatic heterocycles. The van der Waals surface area contributed by atoms with Crippen molar-refractivity contribution in [3.05, 3.63) is 28.5 Å². The fourth-order valence-electron chi connectivity index (χ4n) is 2.51. The summed E-state index contributed by atoms with van der Waals surface area (Å²) in [6.45, 7) is 5.71. The third kappa shape index (κ3) is 4.60. The number of hydrogen-bond acceptors (Lipinski definition) is 3. The van der Waals surface area contributed by atoms with E-state index in [2.05, 4.69) is 0 Å². The van der Waals surface area contributed by atoms with Crippen LogP contribution < -0.4 is 4.74 Å². The summed E-state index contributed by atoms with van der Waals surface area (Å²) in [6, 6.07) is 2.44. The van der Waals surface area contributed by atoms with Gasteiger partial charge in [0, 0.05) is 6.07 Å². The molecular weight excluding hydrogens is 307 g/mol. The second-order valence-electron chi connectivity index (χ2n) is 6.73. The highest BCUT2D eigenvalue weighted by Crippen LogP contribution is 2.31. The fourth-order valence-corrected chi connectivity index (χ4v) is 2.73. The number of hydrogen-bond donors (Lipinski definition) is 0. The molecule has 1 saturated carbocycles. The molecule has 0 heterocycles. The van der Waals surface area contributed by atoms with E-state index in [0.717, 1.165) is 18.9 Å². The third-order valence-electron chi connectivity index (χ3n) is 3.59. The van der Waals surface area contributed by atoms with E-state index in [1.165, 1.54) is 18.9 Å². The van der Waals surface area contributed by atoms with E-state index in [4.69, 9.17) is 21.1 Å². The van der Waals surface area contributed by atoms with Gasteiger partial charge in [-0.1, -0.05) is 24.4 Å². The van der Waals surface area contributed by atoms with Gasteiger partial charge in [0.05, 0.1) is 17.2 Å². The molecule has 122 valence electrons. The minimum atomic E-state index is -0.728. The van der Waals surface area contributed by atoms with Crippen LogP contribution in [0.3, 0.4) is 0 Å². The molecule has 0 unspecified atom stereocenters. The average molecular weight is 329 g/mol. The molecule has 2 rings (SSSR count). The van der Waals surface area contributed by atoms with Gasteiger partial charge < -0.3 is 9.47 Å². The average Bonchev–Trinajstić information content (AvgIpc) is 2.90. The first-order chi connectivity index (χ1) is 10.3. The van der Waals surface area contributed by atoms with Gasteiger partial charge in [0.1, 0.15) is 17.2 Å². The highest BCUT2D eigenvalue weighted by atomic mass is 35.5. The lowest BCUT2D eigenvalue weighted by atomic mass is 10.1. The van der Waals surface area contributed by atoms with Crippen LogP contribution in [0.4, 0.5) is 4.39 Å². The third-order valence-corrected chi connectivity index (χ3v) is 3.89. The van der Waals surface area contributed by atoms with Crippen molar-refractivity contribution in [2.24, 2.45) is 5.92 Å². The second kappa shape index (κ2) is 6.86. The van der Waals surface area contributed by atoms with Gasteiger partial charge in [-0.2, -0.15) is 0 Å². The number of esters is 1. The molecule has 1 aromatic rings. The Morgan fingerprint density at radius 3 is 2.55 bits per heavy atom. The molecule has 5 heteroatoms. The summed E-state index contributed by atoms with van der Waals surface area (Å²) in [4.78, 5) is 11.9. The van der Waals surface area contributed by atoms with Gasteiger partial charge in [-0.05, 0) is 45.6 Å². The normalized spacial score (nSPS) is 15.9. The maximum Gasteiger partial charge on any atom is 0.341 e. The van der Waals surface area contributed by atoms with Crippen LogP contribution in [0.25, 0.3) is 0 Å². The lowest BCUT2D eigenvalue weighted by Crippen LogP contribution is -2.24. The van der Waals surface area contributed by atoms with Crippen molar-refractivity contribution in [1.82, 2.24) is 0 Å². The number of ether oxygens (including phenoxy) is 2. The first-order valence-electron chi connectivity index (χ1n) is 7.61. The van der Waals surface area contributed by atoms with Gasteiger partial charge in [0.15, 0.2) is 0 Å². The maximum absolute atomic E-state index is 14.1. The Kier molecular flexibility index (Phi) is 5.32. The molecule has 0 saturated heterocycles. The topological polar surface area (TPSA) is 35.5 Å². The van der Waals surface area contributed by atoms with E-state index in [-0.39, 0.29) is 16.3 Å². The lowest BCUT2D eigenvalue weighted by molar-refractivity contribution is 0.00647. The van der Waals surface area contributed by atoms with Gasteiger partial charge in [-0.3, -0.25) is 0 Å². The molecule has 1 aliphatic carbocycles. The van der Waals surface area contributed by atoms with E-state index in [1.807, 2.05) is 0 Å². The van der Waals surface area contributed by atoms with Gasteiger partial charge in [0.25, 0.3) is 0 Å². The highest BCUT2D eigenvalue weighted by Gasteiger charge is 2.23. The zero-order valence-corrected chi connectivity index (χ0v) is 14.0. The summed E-state index contributed by atoms with van der Waals surface area (Å²) in [5, 5.41) is 0.222. The zero-order valence-electron chi connectivity index (χ0n) is 13.2. The van der Waals surface area contributed by atoms with Crippen molar-refractivity contribution < 1.29 is 18.7 Å². The smallest absolute Gasteiger partial charge is 0.341 e. The van der Waals surface area contributed by atoms with E-state index < -0.39 is 17.4 Å². The predicted molar refractivity (Wildman–Crippen MR) is 84.0 cm³/mol. The highest BCUT2D eigenvalue weighted by molar-refractivity contribution is 6.32. The van der Waals surface area contributed by atoms with Gasteiger partial charge in [0.2, 0.25) is 0 Å². The Balaban J connectivity index is 2.08. The Morgan fingerprint density at radius 2 is 1.95 bits per heavy atom. The standard InChI is InChI=1S/C17H22ClFO3/c1-17(2,3)22-16(20)12-8-13(18)15(9-14(12)19)21-10-11-6-4-5-7-11/h8-9,11H,4-7,10H2,1-3H3. The molecule has 0 N–H and O–H groups in total. The van der Waals surface area contributed by atoms with Crippen molar-refractivity contribution in [1.29, 1.82) is 0 Å². The molecule has 1 aromatic carbocycles. The Hall–Kier alpha value is -1.29. The van der Waals surface area contributed by atoms with E-state index in [9.17, 15) is 9.18 Å². The van der Waals surface area contributed by atoms with Crippen LogP contribution in [0.5, 0.6) is 5.75 Å². The Morgan fingerprint density at radius 1 is 1.32 bits per heavy atom. The van der Waals surface area contributed by atoms with Crippen molar-refractivity contribution in [3.8, 4) is 5.75 Å². The molecule has 0 atom stereocenters. The van der Waals surface area contributed by atoms with E-state index in [1.54, 1.807) is 20.8 Å². The van der Waals surface area contributed by atoms with Gasteiger partial charge in [-0.15, -0.1) is 0 Å². The van der Waals surface area contributed by atoms with E-state index >= 15 is 0 Å². The van der Waals surface area contributed by atoms with Crippen LogP contribution in [0, 0.1) is 11.7 Å². The molecule has 0 aliphatic heterocycles. The second-order valence-corrected chi connectivity index (χ2v) is 7.13. The van der Waals surface area contributed by atoms with Crippen molar-refractivity contribution in [3.63, 3.8) is 0 Å². The molecule has 1 fully saturated rings. The van der Waals surface area contributed by atoms with Crippen molar-refractivity contribution in [2.45, 2.75) is 52.1 Å². The number of halogens is 2. The van der Waals surface area contributed by atoms with Gasteiger partial charge >= 0.3 is 5.97 Å². The first kappa shape index (κ1) is 17.1. The lowest BCUT2D eigenvalue weighted by Gasteiger charge is -2.20. The molecule has 0 radical (unpaired) electrons. The molecule has 0 bridgehead atoms. The Bertz CT molecular complexity index is 546. The molecule has 0 amide bonds. The number of rotatable bonds is 4. The first-order valence-corrected chi connectivity index (χ1v) is 7.99. The molecule has 0 spiro atoms. The monoisotopic (exact) mass is 328 g/mol. The van der Waals surface area contributed by atoms with Gasteiger partial charge in [-0.25, -0.2) is 9.18 Å². The van der Waals surface area contributed by atoms with Crippen molar-refractivity contribution in [2.75, 3.05) is 6.61 Å². The maximum atomic E-state index is 14.1. The van der Waals surface area contributed by atoms with Crippen LogP contribution in [0.2, 0.25) is 5.02 Å². The Labute approximate surface area is 135 Å². The minimum absolute atomic E-state index is 0.173. The number of benzene rings is 1. The fraction of sp³-hybridized carbons (Fsp3) is 0.588. The largest absolute Gasteiger partial charge is 0.492 e. The summed E-state index contributed by atoms with van der Waals surface area (Å²) < 4.78 is 24.9. The van der Waals surface area contributed by atoms with E-state index in [0.29, 0.717) is 12.5 Å². The van der Waals surface area contributed by atoms with Crippen LogP contribution in [0.1, 0.15) is 56.8 Å². The predicted octanol–water partition coefficient (Wildman–Crippen LogP) is 5.00. The molecular formula is C17H22ClFO3. The SMILES string of the molecule is CC(C)(C)OC(=O)c1cc(Cl)c(OCC2CCCC2)cc1F. The number of carbonyl (C=O) groups excluding carboxylic acids is 1. The summed E-state index contributed by atoms with van der Waals surface area (Å²) in [5.41, 5.74) is -0.860. The number of carbonyl (C=O) groups is 1. The van der Waals surface area contributed by atoms with Crippen LogP contribution in [-0.4, -0.2) is 18.2 Å². The van der Waals surface area contributed by atoms with Crippen LogP contribution in [-0.2, 0) is 4.74 Å². The summed E-state index contributed by atoms with van der Waals surface area (Å²) >= 11 is 6.10. The zero-order chi connectivity index (χ0) is 16.3. The minimum Gasteiger partial charge on any atom is -0.492 e. The quantitative estimate of drug-likeness (QED) is 0.729. The summed E-state index contributed by atoms with van der Waals surface area (Å²) in [6.07, 6.45) is 4.70. The van der Waals surface area contributed by atoms with Crippen molar-refractivity contribution >= 4 is 17.6 Å². The molecule has 1 aliphatic rings. The molecule has 3 nitrogen and oxygen atoms in total. The molecule has 22 heavy (non-hydrogen) atoms. The van der Waals surface area contributed by atoms with Crippen LogP contribution >= 0.6 is 11.6 Å². The summed E-state index contributed by atoms with van der Waals surface area (Å²) in [7, 11) is 0. The summed E-state index contributed by atoms with van der Waals surface area (Å²) in [5.74, 6) is -0.627.